The molecule has 0 saturated heterocycles. The molecule has 9 atom stereocenters. The van der Waals surface area contributed by atoms with E-state index in [1.165, 1.54) is 64.2 Å². The van der Waals surface area contributed by atoms with E-state index in [0.29, 0.717) is 16.7 Å². The van der Waals surface area contributed by atoms with Gasteiger partial charge in [0.25, 0.3) is 0 Å². The molecule has 5 fully saturated rings. The highest BCUT2D eigenvalue weighted by Gasteiger charge is 2.69. The van der Waals surface area contributed by atoms with Gasteiger partial charge < -0.3 is 9.47 Å². The molecular weight excluding hydrogens is 432 g/mol. The van der Waals surface area contributed by atoms with Gasteiger partial charge in [-0.3, -0.25) is 4.79 Å². The summed E-state index contributed by atoms with van der Waals surface area (Å²) in [4.78, 5) is 13.3. The first-order valence-corrected chi connectivity index (χ1v) is 15.2. The fourth-order valence-electron chi connectivity index (χ4n) is 11.0. The third-order valence-corrected chi connectivity index (χ3v) is 13.1. The Kier molecular flexibility index (Phi) is 6.82. The van der Waals surface area contributed by atoms with Crippen LogP contribution in [-0.2, 0) is 14.3 Å². The molecule has 3 nitrogen and oxygen atoms in total. The molecule has 1 spiro atoms. The fourth-order valence-corrected chi connectivity index (χ4v) is 11.0. The molecule has 0 heterocycles. The van der Waals surface area contributed by atoms with Crippen molar-refractivity contribution in [1.82, 2.24) is 0 Å². The summed E-state index contributed by atoms with van der Waals surface area (Å²) in [7, 11) is 3.26. The number of ketones is 1. The van der Waals surface area contributed by atoms with Gasteiger partial charge in [-0.25, -0.2) is 0 Å². The molecule has 5 aliphatic carbocycles. The van der Waals surface area contributed by atoms with E-state index in [-0.39, 0.29) is 11.2 Å². The van der Waals surface area contributed by atoms with Crippen LogP contribution in [0.25, 0.3) is 0 Å². The molecule has 200 valence electrons. The van der Waals surface area contributed by atoms with Crippen molar-refractivity contribution in [2.24, 2.45) is 57.7 Å². The summed E-state index contributed by atoms with van der Waals surface area (Å²) >= 11 is 0. The van der Waals surface area contributed by atoms with Gasteiger partial charge in [0.2, 0.25) is 5.79 Å². The van der Waals surface area contributed by atoms with Crippen molar-refractivity contribution >= 4 is 5.78 Å². The summed E-state index contributed by atoms with van der Waals surface area (Å²) in [6.07, 6.45) is 16.9. The van der Waals surface area contributed by atoms with Crippen LogP contribution in [0.15, 0.2) is 0 Å². The van der Waals surface area contributed by atoms with E-state index in [1.54, 1.807) is 14.2 Å². The van der Waals surface area contributed by atoms with E-state index in [9.17, 15) is 4.79 Å². The van der Waals surface area contributed by atoms with Gasteiger partial charge in [-0.05, 0) is 110 Å². The maximum absolute atomic E-state index is 13.3. The molecule has 0 aromatic rings. The van der Waals surface area contributed by atoms with Crippen molar-refractivity contribution in [3.05, 3.63) is 0 Å². The first kappa shape index (κ1) is 26.2. The van der Waals surface area contributed by atoms with Crippen LogP contribution in [-0.4, -0.2) is 25.8 Å². The average Bonchev–Trinajstić information content (AvgIpc) is 3.19. The number of methoxy groups -OCH3 is 2. The molecule has 0 aromatic carbocycles. The molecule has 0 N–H and O–H groups in total. The number of carbonyl (C=O) groups excluding carboxylic acids is 1. The van der Waals surface area contributed by atoms with Crippen LogP contribution in [0.4, 0.5) is 0 Å². The number of fused-ring (bicyclic) bond motifs is 5. The third kappa shape index (κ3) is 3.83. The van der Waals surface area contributed by atoms with Crippen molar-refractivity contribution in [3.63, 3.8) is 0 Å². The predicted octanol–water partition coefficient (Wildman–Crippen LogP) is 8.06. The summed E-state index contributed by atoms with van der Waals surface area (Å²) in [5, 5.41) is 0. The highest BCUT2D eigenvalue weighted by Crippen LogP contribution is 2.71. The summed E-state index contributed by atoms with van der Waals surface area (Å²) < 4.78 is 11.1. The molecule has 5 aliphatic rings. The number of ether oxygens (including phenoxy) is 2. The van der Waals surface area contributed by atoms with Gasteiger partial charge in [0.1, 0.15) is 0 Å². The third-order valence-electron chi connectivity index (χ3n) is 13.1. The highest BCUT2D eigenvalue weighted by molar-refractivity contribution is 5.97. The van der Waals surface area contributed by atoms with Crippen LogP contribution in [0.3, 0.4) is 0 Å². The number of rotatable bonds is 7. The summed E-state index contributed by atoms with van der Waals surface area (Å²) in [6, 6.07) is 0. The minimum Gasteiger partial charge on any atom is -0.347 e. The minimum absolute atomic E-state index is 0.171. The predicted molar refractivity (Wildman–Crippen MR) is 142 cm³/mol. The first-order chi connectivity index (χ1) is 16.6. The Morgan fingerprint density at radius 3 is 2.23 bits per heavy atom. The zero-order chi connectivity index (χ0) is 25.2. The van der Waals surface area contributed by atoms with Crippen LogP contribution >= 0.6 is 0 Å². The minimum atomic E-state index is -0.956. The van der Waals surface area contributed by atoms with Crippen LogP contribution in [0.5, 0.6) is 0 Å². The Bertz CT molecular complexity index is 801. The second kappa shape index (κ2) is 9.11. The van der Waals surface area contributed by atoms with E-state index in [1.807, 2.05) is 0 Å². The van der Waals surface area contributed by atoms with Crippen molar-refractivity contribution in [3.8, 4) is 0 Å². The first-order valence-electron chi connectivity index (χ1n) is 15.2. The molecule has 0 aliphatic heterocycles. The Hall–Kier alpha value is -0.410. The van der Waals surface area contributed by atoms with Crippen LogP contribution in [0.2, 0.25) is 0 Å². The van der Waals surface area contributed by atoms with Crippen LogP contribution < -0.4 is 0 Å². The lowest BCUT2D eigenvalue weighted by molar-refractivity contribution is -0.272. The van der Waals surface area contributed by atoms with Gasteiger partial charge in [-0.2, -0.15) is 0 Å². The van der Waals surface area contributed by atoms with Gasteiger partial charge in [0, 0.05) is 26.1 Å². The molecule has 0 unspecified atom stereocenters. The van der Waals surface area contributed by atoms with Gasteiger partial charge in [-0.15, -0.1) is 0 Å². The number of carbonyl (C=O) groups is 1. The maximum Gasteiger partial charge on any atom is 0.229 e. The van der Waals surface area contributed by atoms with E-state index in [0.717, 1.165) is 54.8 Å². The lowest BCUT2D eigenvalue weighted by Crippen LogP contribution is -2.67. The molecule has 5 rings (SSSR count). The molecule has 0 radical (unpaired) electrons. The van der Waals surface area contributed by atoms with Gasteiger partial charge >= 0.3 is 0 Å². The van der Waals surface area contributed by atoms with E-state index < -0.39 is 5.79 Å². The average molecular weight is 487 g/mol. The quantitative estimate of drug-likeness (QED) is 0.341. The second-order valence-electron chi connectivity index (χ2n) is 14.8. The fraction of sp³-hybridized carbons (Fsp3) is 0.969. The zero-order valence-corrected chi connectivity index (χ0v) is 24.0. The van der Waals surface area contributed by atoms with E-state index >= 15 is 0 Å². The standard InChI is InChI=1S/C32H54O3/c1-21(2)9-8-10-22(3)25-13-14-26-24-12-11-23-19-31(20-32(34-6,35-7)28(31)33)18-17-29(23,4)27(24)15-16-30(25,26)5/h21-27H,8-20H2,1-7H3/t22-,23+,24+,25-,26+,27+,29+,30-,31+/m1/s1. The van der Waals surface area contributed by atoms with E-state index in [2.05, 4.69) is 34.6 Å². The SMILES string of the molecule is COC1(OC)C[C@@]2(CC[C@@]3(C)[C@@H](CC[C@@H]4[C@@H]3CC[C@]3(C)[C@@H]([C@H](C)CCCC(C)C)CC[C@@H]43)C2)C1=O. The second-order valence-corrected chi connectivity index (χ2v) is 14.8. The van der Waals surface area contributed by atoms with Crippen LogP contribution in [0.1, 0.15) is 118 Å². The van der Waals surface area contributed by atoms with E-state index in [4.69, 9.17) is 9.47 Å². The number of Topliss-reactive ketones (excluding diaryl/α,β-unsaturated/α-hetero) is 1. The normalized spacial score (nSPS) is 47.2. The van der Waals surface area contributed by atoms with Crippen molar-refractivity contribution in [1.29, 1.82) is 0 Å². The number of hydrogen-bond donors (Lipinski definition) is 0. The van der Waals surface area contributed by atoms with Gasteiger partial charge in [-0.1, -0.05) is 53.9 Å². The van der Waals surface area contributed by atoms with Crippen molar-refractivity contribution in [2.45, 2.75) is 124 Å². The Morgan fingerprint density at radius 1 is 0.857 bits per heavy atom. The van der Waals surface area contributed by atoms with Crippen LogP contribution in [0, 0.1) is 57.7 Å². The lowest BCUT2D eigenvalue weighted by Gasteiger charge is -2.65. The molecule has 3 heteroatoms. The highest BCUT2D eigenvalue weighted by atomic mass is 16.7. The number of hydrogen-bond acceptors (Lipinski definition) is 3. The van der Waals surface area contributed by atoms with Gasteiger partial charge in [0.05, 0.1) is 0 Å². The molecule has 0 amide bonds. The largest absolute Gasteiger partial charge is 0.347 e. The summed E-state index contributed by atoms with van der Waals surface area (Å²) in [6.45, 7) is 12.7. The topological polar surface area (TPSA) is 35.5 Å². The monoisotopic (exact) mass is 486 g/mol. The maximum atomic E-state index is 13.3. The van der Waals surface area contributed by atoms with Crippen molar-refractivity contribution in [2.75, 3.05) is 14.2 Å². The molecular formula is C32H54O3. The zero-order valence-electron chi connectivity index (χ0n) is 24.0. The lowest BCUT2D eigenvalue weighted by atomic mass is 9.40. The molecule has 5 saturated carbocycles. The smallest absolute Gasteiger partial charge is 0.229 e. The van der Waals surface area contributed by atoms with Crippen molar-refractivity contribution < 1.29 is 14.3 Å². The summed E-state index contributed by atoms with van der Waals surface area (Å²) in [5.41, 5.74) is 0.823. The molecule has 35 heavy (non-hydrogen) atoms. The van der Waals surface area contributed by atoms with Gasteiger partial charge in [0.15, 0.2) is 5.78 Å². The molecule has 0 aromatic heterocycles. The molecule has 0 bridgehead atoms. The Labute approximate surface area is 215 Å². The Morgan fingerprint density at radius 2 is 1.57 bits per heavy atom. The summed E-state index contributed by atoms with van der Waals surface area (Å²) in [5.74, 6) is 5.37. The Balaban J connectivity index is 1.27.